The molecule has 0 aromatic heterocycles. The van der Waals surface area contributed by atoms with E-state index >= 15 is 0 Å². The Hall–Kier alpha value is -0.610. The maximum absolute atomic E-state index is 13.1. The Morgan fingerprint density at radius 2 is 1.95 bits per heavy atom. The minimum Gasteiger partial charge on any atom is -0.384 e. The number of nitrogens with zero attached hydrogens (tertiary/aromatic N) is 1. The van der Waals surface area contributed by atoms with Crippen molar-refractivity contribution in [2.45, 2.75) is 58.9 Å². The standard InChI is InChI=1S/C16H32N2O2/c1-5-6-7-12-18(14(2)3)15(19)16(13-20-4)8-10-17-11-9-16/h14,17H,5-13H2,1-4H3. The zero-order valence-corrected chi connectivity index (χ0v) is 13.7. The normalized spacial score (nSPS) is 18.2. The molecule has 0 aromatic carbocycles. The van der Waals surface area contributed by atoms with Gasteiger partial charge < -0.3 is 15.0 Å². The highest BCUT2D eigenvalue weighted by molar-refractivity contribution is 5.83. The molecular weight excluding hydrogens is 252 g/mol. The van der Waals surface area contributed by atoms with Crippen LogP contribution in [0.15, 0.2) is 0 Å². The van der Waals surface area contributed by atoms with Crippen molar-refractivity contribution in [3.8, 4) is 0 Å². The summed E-state index contributed by atoms with van der Waals surface area (Å²) in [5, 5.41) is 3.35. The van der Waals surface area contributed by atoms with Gasteiger partial charge in [0, 0.05) is 19.7 Å². The third-order valence-corrected chi connectivity index (χ3v) is 4.32. The van der Waals surface area contributed by atoms with Gasteiger partial charge in [0.15, 0.2) is 0 Å². The maximum Gasteiger partial charge on any atom is 0.231 e. The molecule has 0 unspecified atom stereocenters. The Balaban J connectivity index is 2.77. The van der Waals surface area contributed by atoms with Crippen molar-refractivity contribution in [2.24, 2.45) is 5.41 Å². The Kier molecular flexibility index (Phi) is 7.52. The van der Waals surface area contributed by atoms with Crippen molar-refractivity contribution < 1.29 is 9.53 Å². The SMILES string of the molecule is CCCCCN(C(=O)C1(COC)CCNCC1)C(C)C. The van der Waals surface area contributed by atoms with Gasteiger partial charge in [-0.15, -0.1) is 0 Å². The number of nitrogens with one attached hydrogen (secondary N) is 1. The first kappa shape index (κ1) is 17.4. The highest BCUT2D eigenvalue weighted by atomic mass is 16.5. The van der Waals surface area contributed by atoms with E-state index in [1.165, 1.54) is 12.8 Å². The van der Waals surface area contributed by atoms with Gasteiger partial charge in [0.25, 0.3) is 0 Å². The molecule has 1 aliphatic rings. The van der Waals surface area contributed by atoms with Crippen LogP contribution in [0.3, 0.4) is 0 Å². The largest absolute Gasteiger partial charge is 0.384 e. The molecule has 0 saturated carbocycles. The number of carbonyl (C=O) groups excluding carboxylic acids is 1. The Morgan fingerprint density at radius 1 is 1.30 bits per heavy atom. The van der Waals surface area contributed by atoms with E-state index < -0.39 is 0 Å². The number of amides is 1. The Morgan fingerprint density at radius 3 is 2.45 bits per heavy atom. The molecule has 0 aliphatic carbocycles. The predicted molar refractivity (Wildman–Crippen MR) is 82.8 cm³/mol. The molecule has 20 heavy (non-hydrogen) atoms. The zero-order valence-electron chi connectivity index (χ0n) is 13.7. The van der Waals surface area contributed by atoms with Crippen molar-refractivity contribution in [3.05, 3.63) is 0 Å². The van der Waals surface area contributed by atoms with Crippen LogP contribution in [0.1, 0.15) is 52.9 Å². The maximum atomic E-state index is 13.1. The molecule has 1 aliphatic heterocycles. The van der Waals surface area contributed by atoms with E-state index in [9.17, 15) is 4.79 Å². The van der Waals surface area contributed by atoms with Crippen LogP contribution < -0.4 is 5.32 Å². The van der Waals surface area contributed by atoms with Gasteiger partial charge in [-0.05, 0) is 46.2 Å². The van der Waals surface area contributed by atoms with E-state index in [1.54, 1.807) is 7.11 Å². The molecule has 4 heteroatoms. The van der Waals surface area contributed by atoms with Gasteiger partial charge in [-0.1, -0.05) is 19.8 Å². The first-order valence-corrected chi connectivity index (χ1v) is 8.08. The van der Waals surface area contributed by atoms with E-state index in [2.05, 4.69) is 31.0 Å². The van der Waals surface area contributed by atoms with Crippen LogP contribution >= 0.6 is 0 Å². The number of unbranched alkanes of at least 4 members (excludes halogenated alkanes) is 2. The fourth-order valence-electron chi connectivity index (χ4n) is 3.03. The van der Waals surface area contributed by atoms with Crippen molar-refractivity contribution in [3.63, 3.8) is 0 Å². The summed E-state index contributed by atoms with van der Waals surface area (Å²) < 4.78 is 5.39. The highest BCUT2D eigenvalue weighted by Gasteiger charge is 2.42. The molecule has 1 heterocycles. The average Bonchev–Trinajstić information content (AvgIpc) is 2.44. The minimum atomic E-state index is -0.309. The van der Waals surface area contributed by atoms with Crippen LogP contribution in [0, 0.1) is 5.41 Å². The lowest BCUT2D eigenvalue weighted by Gasteiger charge is -2.41. The molecule has 0 aromatic rings. The van der Waals surface area contributed by atoms with E-state index in [0.29, 0.717) is 12.5 Å². The number of piperidine rings is 1. The summed E-state index contributed by atoms with van der Waals surface area (Å²) in [5.74, 6) is 0.298. The monoisotopic (exact) mass is 284 g/mol. The molecule has 1 N–H and O–H groups in total. The lowest BCUT2D eigenvalue weighted by molar-refractivity contribution is -0.149. The second-order valence-corrected chi connectivity index (χ2v) is 6.26. The van der Waals surface area contributed by atoms with Crippen LogP contribution in [0.2, 0.25) is 0 Å². The summed E-state index contributed by atoms with van der Waals surface area (Å²) in [6.07, 6.45) is 5.25. The van der Waals surface area contributed by atoms with Gasteiger partial charge >= 0.3 is 0 Å². The fourth-order valence-corrected chi connectivity index (χ4v) is 3.03. The first-order chi connectivity index (χ1) is 9.57. The fraction of sp³-hybridized carbons (Fsp3) is 0.938. The predicted octanol–water partition coefficient (Wildman–Crippen LogP) is 2.43. The van der Waals surface area contributed by atoms with Crippen LogP contribution in [0.5, 0.6) is 0 Å². The average molecular weight is 284 g/mol. The number of carbonyl (C=O) groups is 1. The molecule has 4 nitrogen and oxygen atoms in total. The second-order valence-electron chi connectivity index (χ2n) is 6.26. The summed E-state index contributed by atoms with van der Waals surface area (Å²) in [7, 11) is 1.70. The quantitative estimate of drug-likeness (QED) is 0.696. The van der Waals surface area contributed by atoms with Gasteiger partial charge in [-0.25, -0.2) is 0 Å². The van der Waals surface area contributed by atoms with Crippen molar-refractivity contribution in [2.75, 3.05) is 33.4 Å². The smallest absolute Gasteiger partial charge is 0.231 e. The van der Waals surface area contributed by atoms with Gasteiger partial charge in [0.05, 0.1) is 12.0 Å². The topological polar surface area (TPSA) is 41.6 Å². The van der Waals surface area contributed by atoms with E-state index in [0.717, 1.165) is 38.9 Å². The molecular formula is C16H32N2O2. The number of hydrogen-bond acceptors (Lipinski definition) is 3. The lowest BCUT2D eigenvalue weighted by atomic mass is 9.78. The molecule has 118 valence electrons. The molecule has 0 bridgehead atoms. The third-order valence-electron chi connectivity index (χ3n) is 4.32. The minimum absolute atomic E-state index is 0.267. The van der Waals surface area contributed by atoms with E-state index in [-0.39, 0.29) is 11.5 Å². The van der Waals surface area contributed by atoms with Crippen LogP contribution in [0.4, 0.5) is 0 Å². The lowest BCUT2D eigenvalue weighted by Crippen LogP contribution is -2.53. The number of rotatable bonds is 8. The molecule has 1 amide bonds. The molecule has 0 spiro atoms. The Labute approximate surface area is 124 Å². The number of ether oxygens (including phenoxy) is 1. The van der Waals surface area contributed by atoms with Crippen LogP contribution in [-0.2, 0) is 9.53 Å². The van der Waals surface area contributed by atoms with Crippen molar-refractivity contribution in [1.29, 1.82) is 0 Å². The zero-order chi connectivity index (χ0) is 15.0. The molecule has 1 fully saturated rings. The third kappa shape index (κ3) is 4.45. The summed E-state index contributed by atoms with van der Waals surface area (Å²) in [6, 6.07) is 0.267. The number of methoxy groups -OCH3 is 1. The van der Waals surface area contributed by atoms with Gasteiger partial charge in [-0.3, -0.25) is 4.79 Å². The molecule has 0 atom stereocenters. The van der Waals surface area contributed by atoms with Crippen LogP contribution in [-0.4, -0.2) is 50.2 Å². The molecule has 0 radical (unpaired) electrons. The van der Waals surface area contributed by atoms with E-state index in [1.807, 2.05) is 0 Å². The van der Waals surface area contributed by atoms with Gasteiger partial charge in [-0.2, -0.15) is 0 Å². The summed E-state index contributed by atoms with van der Waals surface area (Å²) in [5.41, 5.74) is -0.309. The van der Waals surface area contributed by atoms with Crippen molar-refractivity contribution >= 4 is 5.91 Å². The molecule has 1 saturated heterocycles. The van der Waals surface area contributed by atoms with Crippen LogP contribution in [0.25, 0.3) is 0 Å². The molecule has 1 rings (SSSR count). The summed E-state index contributed by atoms with van der Waals surface area (Å²) in [4.78, 5) is 15.1. The van der Waals surface area contributed by atoms with Crippen molar-refractivity contribution in [1.82, 2.24) is 10.2 Å². The van der Waals surface area contributed by atoms with Gasteiger partial charge in [0.1, 0.15) is 0 Å². The summed E-state index contributed by atoms with van der Waals surface area (Å²) >= 11 is 0. The summed E-state index contributed by atoms with van der Waals surface area (Å²) in [6.45, 7) is 9.68. The Bertz CT molecular complexity index is 281. The second kappa shape index (κ2) is 8.63. The highest BCUT2D eigenvalue weighted by Crippen LogP contribution is 2.32. The van der Waals surface area contributed by atoms with Gasteiger partial charge in [0.2, 0.25) is 5.91 Å². The number of hydrogen-bond donors (Lipinski definition) is 1. The first-order valence-electron chi connectivity index (χ1n) is 8.08. The van der Waals surface area contributed by atoms with E-state index in [4.69, 9.17) is 4.74 Å².